The van der Waals surface area contributed by atoms with Crippen molar-refractivity contribution in [2.45, 2.75) is 13.8 Å². The van der Waals surface area contributed by atoms with Crippen molar-refractivity contribution in [1.82, 2.24) is 0 Å². The molecule has 0 fully saturated rings. The minimum absolute atomic E-state index is 0.142. The summed E-state index contributed by atoms with van der Waals surface area (Å²) in [5.41, 5.74) is 5.24. The van der Waals surface area contributed by atoms with E-state index in [0.29, 0.717) is 16.6 Å². The average molecular weight is 387 g/mol. The van der Waals surface area contributed by atoms with Crippen LogP contribution in [0.3, 0.4) is 0 Å². The van der Waals surface area contributed by atoms with E-state index in [1.54, 1.807) is 23.1 Å². The number of anilines is 1. The number of rotatable bonds is 3. The van der Waals surface area contributed by atoms with E-state index in [9.17, 15) is 4.79 Å². The Morgan fingerprint density at radius 3 is 2.29 bits per heavy atom. The fourth-order valence-corrected chi connectivity index (χ4v) is 3.26. The van der Waals surface area contributed by atoms with Gasteiger partial charge in [0.05, 0.1) is 5.69 Å². The summed E-state index contributed by atoms with van der Waals surface area (Å²) in [6.45, 7) is 4.05. The molecule has 0 bridgehead atoms. The van der Waals surface area contributed by atoms with Gasteiger partial charge in [-0.05, 0) is 55.3 Å². The van der Waals surface area contributed by atoms with E-state index in [2.05, 4.69) is 0 Å². The third kappa shape index (κ3) is 3.62. The molecule has 0 radical (unpaired) electrons. The largest absolute Gasteiger partial charge is 0.282 e. The van der Waals surface area contributed by atoms with Gasteiger partial charge >= 0.3 is 0 Å². The third-order valence-corrected chi connectivity index (χ3v) is 4.86. The molecule has 1 heterocycles. The zero-order chi connectivity index (χ0) is 19.7. The van der Waals surface area contributed by atoms with Crippen molar-refractivity contribution in [1.29, 1.82) is 0 Å². The average Bonchev–Trinajstić information content (AvgIpc) is 3.00. The second kappa shape index (κ2) is 7.45. The molecule has 138 valence electrons. The fraction of sp³-hybridized carbons (Fsp3) is 0.0833. The van der Waals surface area contributed by atoms with E-state index >= 15 is 0 Å². The Kier molecular flexibility index (Phi) is 4.84. The van der Waals surface area contributed by atoms with Gasteiger partial charge in [0.25, 0.3) is 5.91 Å². The molecule has 3 aromatic rings. The number of aliphatic imine (C=N–C) groups is 1. The van der Waals surface area contributed by atoms with Crippen LogP contribution in [0.4, 0.5) is 5.69 Å². The maximum Gasteiger partial charge on any atom is 0.282 e. The van der Waals surface area contributed by atoms with Crippen molar-refractivity contribution < 1.29 is 4.79 Å². The highest BCUT2D eigenvalue weighted by molar-refractivity contribution is 6.33. The molecule has 1 aliphatic rings. The minimum atomic E-state index is -0.142. The van der Waals surface area contributed by atoms with Gasteiger partial charge < -0.3 is 0 Å². The monoisotopic (exact) mass is 386 g/mol. The van der Waals surface area contributed by atoms with Gasteiger partial charge in [-0.2, -0.15) is 0 Å². The lowest BCUT2D eigenvalue weighted by Crippen LogP contribution is -2.32. The Labute approximate surface area is 169 Å². The number of amides is 1. The van der Waals surface area contributed by atoms with Crippen molar-refractivity contribution in [2.24, 2.45) is 4.99 Å². The van der Waals surface area contributed by atoms with Gasteiger partial charge in [0.15, 0.2) is 0 Å². The lowest BCUT2D eigenvalue weighted by atomic mass is 10.1. The molecule has 0 N–H and O–H groups in total. The van der Waals surface area contributed by atoms with Crippen LogP contribution in [0.2, 0.25) is 5.02 Å². The van der Waals surface area contributed by atoms with Crippen LogP contribution in [0.1, 0.15) is 22.3 Å². The van der Waals surface area contributed by atoms with Gasteiger partial charge in [-0.3, -0.25) is 9.69 Å². The van der Waals surface area contributed by atoms with Gasteiger partial charge in [-0.25, -0.2) is 4.99 Å². The molecule has 0 spiro atoms. The van der Waals surface area contributed by atoms with Crippen molar-refractivity contribution >= 4 is 35.1 Å². The maximum absolute atomic E-state index is 13.3. The molecule has 4 heteroatoms. The van der Waals surface area contributed by atoms with Crippen molar-refractivity contribution in [3.63, 3.8) is 0 Å². The first-order chi connectivity index (χ1) is 13.5. The highest BCUT2D eigenvalue weighted by Crippen LogP contribution is 2.28. The fourth-order valence-electron chi connectivity index (χ4n) is 3.14. The van der Waals surface area contributed by atoms with Gasteiger partial charge in [0.1, 0.15) is 11.5 Å². The van der Waals surface area contributed by atoms with E-state index < -0.39 is 0 Å². The van der Waals surface area contributed by atoms with Gasteiger partial charge in [-0.15, -0.1) is 0 Å². The second-order valence-electron chi connectivity index (χ2n) is 6.86. The molecule has 3 nitrogen and oxygen atoms in total. The predicted molar refractivity (Wildman–Crippen MR) is 116 cm³/mol. The number of hydrogen-bond donors (Lipinski definition) is 0. The molecule has 0 saturated heterocycles. The molecule has 3 aromatic carbocycles. The van der Waals surface area contributed by atoms with Gasteiger partial charge in [-0.1, -0.05) is 65.7 Å². The number of aryl methyl sites for hydroxylation is 2. The topological polar surface area (TPSA) is 32.7 Å². The summed E-state index contributed by atoms with van der Waals surface area (Å²) >= 11 is 5.97. The zero-order valence-electron chi connectivity index (χ0n) is 15.7. The standard InChI is InChI=1S/C24H19ClN2O/c1-16-6-10-19(11-7-16)23-26-22(15-18-8-12-20(25)13-9-18)24(28)27(23)21-5-3-4-17(2)14-21/h3-15H,1-2H3/b22-15+. The molecule has 1 amide bonds. The van der Waals surface area contributed by atoms with Crippen LogP contribution in [-0.4, -0.2) is 11.7 Å². The number of carbonyl (C=O) groups is 1. The third-order valence-electron chi connectivity index (χ3n) is 4.60. The van der Waals surface area contributed by atoms with Crippen LogP contribution >= 0.6 is 11.6 Å². The number of halogens is 1. The molecule has 0 saturated carbocycles. The van der Waals surface area contributed by atoms with E-state index in [1.165, 1.54) is 0 Å². The first kappa shape index (κ1) is 18.2. The lowest BCUT2D eigenvalue weighted by Gasteiger charge is -2.19. The number of amidine groups is 1. The summed E-state index contributed by atoms with van der Waals surface area (Å²) in [4.78, 5) is 19.6. The molecule has 0 aromatic heterocycles. The van der Waals surface area contributed by atoms with E-state index in [4.69, 9.17) is 16.6 Å². The Hall–Kier alpha value is -3.17. The van der Waals surface area contributed by atoms with E-state index in [-0.39, 0.29) is 5.91 Å². The first-order valence-electron chi connectivity index (χ1n) is 9.05. The quantitative estimate of drug-likeness (QED) is 0.524. The van der Waals surface area contributed by atoms with Crippen molar-refractivity contribution in [3.05, 3.63) is 106 Å². The molecule has 28 heavy (non-hydrogen) atoms. The Bertz CT molecular complexity index is 1100. The normalized spacial score (nSPS) is 15.2. The van der Waals surface area contributed by atoms with Crippen LogP contribution in [0, 0.1) is 13.8 Å². The second-order valence-corrected chi connectivity index (χ2v) is 7.30. The van der Waals surface area contributed by atoms with Crippen molar-refractivity contribution in [3.8, 4) is 0 Å². The molecular formula is C24H19ClN2O. The van der Waals surface area contributed by atoms with Crippen LogP contribution in [-0.2, 0) is 4.79 Å². The number of nitrogens with zero attached hydrogens (tertiary/aromatic N) is 2. The van der Waals surface area contributed by atoms with Gasteiger partial charge in [0, 0.05) is 10.6 Å². The summed E-state index contributed by atoms with van der Waals surface area (Å²) < 4.78 is 0. The highest BCUT2D eigenvalue weighted by Gasteiger charge is 2.32. The molecule has 0 atom stereocenters. The summed E-state index contributed by atoms with van der Waals surface area (Å²) in [5.74, 6) is 0.493. The molecule has 0 aliphatic carbocycles. The Morgan fingerprint density at radius 2 is 1.61 bits per heavy atom. The Balaban J connectivity index is 1.82. The summed E-state index contributed by atoms with van der Waals surface area (Å²) in [6.07, 6.45) is 1.79. The first-order valence-corrected chi connectivity index (χ1v) is 9.43. The number of carbonyl (C=O) groups excluding carboxylic acids is 1. The molecule has 4 rings (SSSR count). The summed E-state index contributed by atoms with van der Waals surface area (Å²) in [6, 6.07) is 23.3. The van der Waals surface area contributed by atoms with Crippen LogP contribution < -0.4 is 4.90 Å². The SMILES string of the molecule is Cc1ccc(C2=N/C(=C/c3ccc(Cl)cc3)C(=O)N2c2cccc(C)c2)cc1. The maximum atomic E-state index is 13.3. The van der Waals surface area contributed by atoms with Crippen LogP contribution in [0.25, 0.3) is 6.08 Å². The number of hydrogen-bond acceptors (Lipinski definition) is 2. The molecular weight excluding hydrogens is 368 g/mol. The molecule has 1 aliphatic heterocycles. The van der Waals surface area contributed by atoms with Crippen LogP contribution in [0.5, 0.6) is 0 Å². The molecule has 0 unspecified atom stereocenters. The van der Waals surface area contributed by atoms with E-state index in [1.807, 2.05) is 74.5 Å². The minimum Gasteiger partial charge on any atom is -0.266 e. The van der Waals surface area contributed by atoms with Crippen molar-refractivity contribution in [2.75, 3.05) is 4.90 Å². The summed E-state index contributed by atoms with van der Waals surface area (Å²) in [7, 11) is 0. The van der Waals surface area contributed by atoms with Gasteiger partial charge in [0.2, 0.25) is 0 Å². The number of benzene rings is 3. The highest BCUT2D eigenvalue weighted by atomic mass is 35.5. The smallest absolute Gasteiger partial charge is 0.266 e. The predicted octanol–water partition coefficient (Wildman–Crippen LogP) is 5.79. The lowest BCUT2D eigenvalue weighted by molar-refractivity contribution is -0.113. The van der Waals surface area contributed by atoms with Crippen LogP contribution in [0.15, 0.2) is 83.5 Å². The Morgan fingerprint density at radius 1 is 0.893 bits per heavy atom. The zero-order valence-corrected chi connectivity index (χ0v) is 16.4. The summed E-state index contributed by atoms with van der Waals surface area (Å²) in [5, 5.41) is 0.658. The van der Waals surface area contributed by atoms with E-state index in [0.717, 1.165) is 27.9 Å².